The fourth-order valence-electron chi connectivity index (χ4n) is 0.449. The third-order valence-electron chi connectivity index (χ3n) is 0.837. The molecule has 0 atom stereocenters. The number of hydrogen-bond donors (Lipinski definition) is 0. The second-order valence-corrected chi connectivity index (χ2v) is 1.76. The number of nitrogens with zero attached hydrogens (tertiary/aromatic N) is 1. The summed E-state index contributed by atoms with van der Waals surface area (Å²) in [4.78, 5) is 4.10. The van der Waals surface area contributed by atoms with Crippen LogP contribution in [0.25, 0.3) is 0 Å². The van der Waals surface area contributed by atoms with Crippen LogP contribution in [0.1, 0.15) is 34.1 Å². The van der Waals surface area contributed by atoms with Crippen molar-refractivity contribution in [2.24, 2.45) is 4.99 Å². The van der Waals surface area contributed by atoms with Gasteiger partial charge in [0.15, 0.2) is 0 Å². The van der Waals surface area contributed by atoms with E-state index in [1.807, 2.05) is 33.1 Å². The largest absolute Gasteiger partial charge is 0.266 e. The lowest BCUT2D eigenvalue weighted by atomic mass is 10.4. The Morgan fingerprint density at radius 2 is 2.00 bits per heavy atom. The summed E-state index contributed by atoms with van der Waals surface area (Å²) in [6.07, 6.45) is 6.49. The van der Waals surface area contributed by atoms with Crippen LogP contribution in [0.2, 0.25) is 0 Å². The predicted octanol–water partition coefficient (Wildman–Crippen LogP) is 3.58. The van der Waals surface area contributed by atoms with Crippen LogP contribution in [-0.4, -0.2) is 6.21 Å². The van der Waals surface area contributed by atoms with E-state index in [2.05, 4.69) is 18.5 Å². The lowest BCUT2D eigenvalue weighted by Crippen LogP contribution is -1.70. The molecule has 0 heterocycles. The molecule has 1 nitrogen and oxygen atoms in total. The zero-order valence-electron chi connectivity index (χ0n) is 8.09. The van der Waals surface area contributed by atoms with E-state index in [0.29, 0.717) is 0 Å². The van der Waals surface area contributed by atoms with Crippen molar-refractivity contribution in [1.29, 1.82) is 0 Å². The van der Waals surface area contributed by atoms with Crippen molar-refractivity contribution in [3.63, 3.8) is 0 Å². The van der Waals surface area contributed by atoms with Gasteiger partial charge in [-0.15, -0.1) is 0 Å². The van der Waals surface area contributed by atoms with Crippen molar-refractivity contribution in [2.75, 3.05) is 0 Å². The highest BCUT2D eigenvalue weighted by Gasteiger charge is 1.74. The van der Waals surface area contributed by atoms with Crippen LogP contribution in [0.5, 0.6) is 0 Å². The topological polar surface area (TPSA) is 12.4 Å². The fourth-order valence-corrected chi connectivity index (χ4v) is 0.449. The summed E-state index contributed by atoms with van der Waals surface area (Å²) in [5.41, 5.74) is 1.01. The summed E-state index contributed by atoms with van der Waals surface area (Å²) in [7, 11) is 0. The normalized spacial score (nSPS) is 10.7. The molecule has 0 unspecified atom stereocenters. The van der Waals surface area contributed by atoms with Crippen LogP contribution in [0.4, 0.5) is 0 Å². The van der Waals surface area contributed by atoms with Crippen molar-refractivity contribution in [3.8, 4) is 0 Å². The van der Waals surface area contributed by atoms with Crippen molar-refractivity contribution >= 4 is 6.21 Å². The average Bonchev–Trinajstić information content (AvgIpc) is 2.05. The lowest BCUT2D eigenvalue weighted by molar-refractivity contribution is 1.25. The Balaban J connectivity index is 0. The molecule has 0 aliphatic heterocycles. The quantitative estimate of drug-likeness (QED) is 0.434. The highest BCUT2D eigenvalue weighted by molar-refractivity contribution is 5.58. The molecule has 0 N–H and O–H groups in total. The molecule has 0 amide bonds. The van der Waals surface area contributed by atoms with Crippen molar-refractivity contribution < 1.29 is 0 Å². The second kappa shape index (κ2) is 11.9. The molecule has 0 aliphatic rings. The molecular formula is C10H19N. The van der Waals surface area contributed by atoms with E-state index in [9.17, 15) is 0 Å². The van der Waals surface area contributed by atoms with Gasteiger partial charge in [0.1, 0.15) is 0 Å². The van der Waals surface area contributed by atoms with Crippen LogP contribution >= 0.6 is 0 Å². The van der Waals surface area contributed by atoms with E-state index in [1.54, 1.807) is 6.08 Å². The summed E-state index contributed by atoms with van der Waals surface area (Å²) in [5, 5.41) is 0. The molecule has 0 radical (unpaired) electrons. The van der Waals surface area contributed by atoms with E-state index in [4.69, 9.17) is 0 Å². The summed E-state index contributed by atoms with van der Waals surface area (Å²) < 4.78 is 0. The number of aliphatic imine (C=N–C) groups is 1. The van der Waals surface area contributed by atoms with Gasteiger partial charge in [-0.25, -0.2) is 0 Å². The van der Waals surface area contributed by atoms with Crippen molar-refractivity contribution in [2.45, 2.75) is 34.1 Å². The van der Waals surface area contributed by atoms with Gasteiger partial charge in [-0.1, -0.05) is 33.4 Å². The third-order valence-corrected chi connectivity index (χ3v) is 0.837. The van der Waals surface area contributed by atoms with Gasteiger partial charge < -0.3 is 0 Å². The smallest absolute Gasteiger partial charge is 0.0368 e. The summed E-state index contributed by atoms with van der Waals surface area (Å²) in [5.74, 6) is 0. The summed E-state index contributed by atoms with van der Waals surface area (Å²) in [6, 6.07) is 0. The first kappa shape index (κ1) is 12.8. The Hall–Kier alpha value is -0.850. The SMILES string of the molecule is C=C/C=C(/C)N=CCC.CC. The lowest BCUT2D eigenvalue weighted by Gasteiger charge is -1.85. The highest BCUT2D eigenvalue weighted by Crippen LogP contribution is 1.92. The summed E-state index contributed by atoms with van der Waals surface area (Å²) in [6.45, 7) is 11.6. The molecule has 0 aromatic carbocycles. The zero-order valence-corrected chi connectivity index (χ0v) is 8.09. The molecule has 0 rings (SSSR count). The van der Waals surface area contributed by atoms with Crippen molar-refractivity contribution in [1.82, 2.24) is 0 Å². The van der Waals surface area contributed by atoms with Gasteiger partial charge >= 0.3 is 0 Å². The molecule has 0 saturated carbocycles. The Labute approximate surface area is 70.5 Å². The van der Waals surface area contributed by atoms with Crippen LogP contribution in [0.15, 0.2) is 29.4 Å². The maximum atomic E-state index is 4.10. The fraction of sp³-hybridized carbons (Fsp3) is 0.500. The van der Waals surface area contributed by atoms with E-state index >= 15 is 0 Å². The van der Waals surface area contributed by atoms with Crippen LogP contribution in [0, 0.1) is 0 Å². The molecule has 1 heteroatoms. The predicted molar refractivity (Wildman–Crippen MR) is 54.1 cm³/mol. The minimum atomic E-state index is 0.988. The second-order valence-electron chi connectivity index (χ2n) is 1.76. The van der Waals surface area contributed by atoms with Gasteiger partial charge in [0, 0.05) is 11.9 Å². The number of allylic oxidation sites excluding steroid dienone is 3. The number of hydrogen-bond acceptors (Lipinski definition) is 1. The summed E-state index contributed by atoms with van der Waals surface area (Å²) >= 11 is 0. The van der Waals surface area contributed by atoms with E-state index in [1.165, 1.54) is 0 Å². The van der Waals surface area contributed by atoms with Gasteiger partial charge in [0.25, 0.3) is 0 Å². The van der Waals surface area contributed by atoms with E-state index < -0.39 is 0 Å². The zero-order chi connectivity index (χ0) is 9.11. The van der Waals surface area contributed by atoms with Gasteiger partial charge in [0.2, 0.25) is 0 Å². The first-order valence-corrected chi connectivity index (χ1v) is 4.13. The molecule has 0 saturated heterocycles. The van der Waals surface area contributed by atoms with Gasteiger partial charge in [0.05, 0.1) is 0 Å². The standard InChI is InChI=1S/C8H13N.C2H6/c1-4-6-8(3)9-7-5-2;1-2/h4,6-7H,1,5H2,2-3H3;1-2H3/b8-6-,9-7?;. The molecule has 0 bridgehead atoms. The van der Waals surface area contributed by atoms with Crippen LogP contribution in [-0.2, 0) is 0 Å². The molecular weight excluding hydrogens is 134 g/mol. The molecule has 11 heavy (non-hydrogen) atoms. The maximum absolute atomic E-state index is 4.10. The molecule has 0 aromatic heterocycles. The van der Waals surface area contributed by atoms with Gasteiger partial charge in [-0.05, 0) is 19.4 Å². The van der Waals surface area contributed by atoms with E-state index in [0.717, 1.165) is 12.1 Å². The Kier molecular flexibility index (Phi) is 13.8. The first-order chi connectivity index (χ1) is 5.31. The minimum Gasteiger partial charge on any atom is -0.266 e. The molecule has 0 spiro atoms. The van der Waals surface area contributed by atoms with Gasteiger partial charge in [-0.3, -0.25) is 4.99 Å². The average molecular weight is 153 g/mol. The van der Waals surface area contributed by atoms with Crippen molar-refractivity contribution in [3.05, 3.63) is 24.4 Å². The maximum Gasteiger partial charge on any atom is 0.0368 e. The minimum absolute atomic E-state index is 0.988. The Morgan fingerprint density at radius 1 is 1.45 bits per heavy atom. The number of rotatable bonds is 3. The third kappa shape index (κ3) is 12.4. The molecule has 0 fully saturated rings. The van der Waals surface area contributed by atoms with Crippen LogP contribution < -0.4 is 0 Å². The first-order valence-electron chi connectivity index (χ1n) is 4.13. The Morgan fingerprint density at radius 3 is 2.36 bits per heavy atom. The van der Waals surface area contributed by atoms with E-state index in [-0.39, 0.29) is 0 Å². The molecule has 0 aliphatic carbocycles. The Bertz CT molecular complexity index is 132. The molecule has 64 valence electrons. The van der Waals surface area contributed by atoms with Gasteiger partial charge in [-0.2, -0.15) is 0 Å². The molecule has 0 aromatic rings. The monoisotopic (exact) mass is 153 g/mol. The highest BCUT2D eigenvalue weighted by atomic mass is 14.7. The van der Waals surface area contributed by atoms with Crippen LogP contribution in [0.3, 0.4) is 0 Å².